The fourth-order valence-corrected chi connectivity index (χ4v) is 4.49. The molecule has 0 saturated carbocycles. The molecule has 2 N–H and O–H groups in total. The lowest BCUT2D eigenvalue weighted by Crippen LogP contribution is -2.66. The first-order valence-electron chi connectivity index (χ1n) is 10.6. The number of rotatable bonds is 6. The predicted molar refractivity (Wildman–Crippen MR) is 118 cm³/mol. The molecule has 1 saturated heterocycles. The Morgan fingerprint density at radius 3 is 2.67 bits per heavy atom. The molecule has 2 unspecified atom stereocenters. The lowest BCUT2D eigenvalue weighted by Gasteiger charge is -2.52. The average molecular weight is 414 g/mol. The highest BCUT2D eigenvalue weighted by molar-refractivity contribution is 5.67. The first-order chi connectivity index (χ1) is 14.3. The van der Waals surface area contributed by atoms with Crippen LogP contribution in [0.2, 0.25) is 0 Å². The third-order valence-corrected chi connectivity index (χ3v) is 6.66. The molecule has 1 amide bonds. The molecule has 3 rings (SSSR count). The van der Waals surface area contributed by atoms with E-state index in [-0.39, 0.29) is 11.9 Å². The van der Waals surface area contributed by atoms with E-state index in [9.17, 15) is 14.3 Å². The summed E-state index contributed by atoms with van der Waals surface area (Å²) in [5, 5.41) is 12.7. The average Bonchev–Trinajstić information content (AvgIpc) is 2.73. The summed E-state index contributed by atoms with van der Waals surface area (Å²) in [5.74, 6) is -0.228. The highest BCUT2D eigenvalue weighted by Crippen LogP contribution is 2.33. The van der Waals surface area contributed by atoms with Gasteiger partial charge in [-0.2, -0.15) is 0 Å². The van der Waals surface area contributed by atoms with Gasteiger partial charge < -0.3 is 15.3 Å². The Bertz CT molecular complexity index is 904. The number of benzene rings is 2. The molecule has 0 spiro atoms. The second kappa shape index (κ2) is 9.14. The second-order valence-corrected chi connectivity index (χ2v) is 8.34. The Kier molecular flexibility index (Phi) is 6.78. The van der Waals surface area contributed by atoms with Gasteiger partial charge in [0.2, 0.25) is 0 Å². The summed E-state index contributed by atoms with van der Waals surface area (Å²) in [4.78, 5) is 15.6. The largest absolute Gasteiger partial charge is 0.465 e. The minimum Gasteiger partial charge on any atom is -0.465 e. The van der Waals surface area contributed by atoms with Gasteiger partial charge >= 0.3 is 6.09 Å². The maximum absolute atomic E-state index is 14.5. The highest BCUT2D eigenvalue weighted by atomic mass is 19.1. The van der Waals surface area contributed by atoms with Crippen molar-refractivity contribution in [3.05, 3.63) is 59.4 Å². The minimum atomic E-state index is -0.857. The molecular formula is C24H32FN3O2. The van der Waals surface area contributed by atoms with Crippen molar-refractivity contribution in [2.24, 2.45) is 0 Å². The van der Waals surface area contributed by atoms with Gasteiger partial charge in [0.25, 0.3) is 0 Å². The van der Waals surface area contributed by atoms with Gasteiger partial charge in [-0.25, -0.2) is 9.18 Å². The van der Waals surface area contributed by atoms with E-state index in [1.54, 1.807) is 11.0 Å². The molecule has 30 heavy (non-hydrogen) atoms. The van der Waals surface area contributed by atoms with E-state index in [1.165, 1.54) is 6.07 Å². The molecule has 0 radical (unpaired) electrons. The Balaban J connectivity index is 1.84. The summed E-state index contributed by atoms with van der Waals surface area (Å²) in [6.07, 6.45) is -0.106. The third-order valence-electron chi connectivity index (χ3n) is 6.66. The smallest absolute Gasteiger partial charge is 0.407 e. The minimum absolute atomic E-state index is 0.0756. The predicted octanol–water partition coefficient (Wildman–Crippen LogP) is 4.56. The maximum atomic E-state index is 14.5. The molecule has 1 heterocycles. The fourth-order valence-electron chi connectivity index (χ4n) is 4.49. The maximum Gasteiger partial charge on any atom is 0.407 e. The van der Waals surface area contributed by atoms with Gasteiger partial charge in [0.05, 0.1) is 5.54 Å². The summed E-state index contributed by atoms with van der Waals surface area (Å²) in [7, 11) is 1.87. The zero-order chi connectivity index (χ0) is 21.9. The van der Waals surface area contributed by atoms with Gasteiger partial charge in [-0.3, -0.25) is 4.90 Å². The summed E-state index contributed by atoms with van der Waals surface area (Å²) in [5.41, 5.74) is 3.16. The van der Waals surface area contributed by atoms with Crippen molar-refractivity contribution in [2.45, 2.75) is 51.9 Å². The number of hydrogen-bond acceptors (Lipinski definition) is 3. The van der Waals surface area contributed by atoms with E-state index in [0.717, 1.165) is 23.1 Å². The van der Waals surface area contributed by atoms with Gasteiger partial charge in [-0.1, -0.05) is 31.2 Å². The Labute approximate surface area is 178 Å². The van der Waals surface area contributed by atoms with Crippen molar-refractivity contribution in [1.82, 2.24) is 15.1 Å². The standard InChI is InChI=1S/C24H32FN3O2/c1-5-24(3)17(2)27(11-12-28(24)23(29)30)16-19-7-6-8-20(13-19)21-14-18(15-26-4)9-10-22(21)25/h6-10,13-14,17,26H,5,11-12,15-16H2,1-4H3,(H,29,30). The van der Waals surface area contributed by atoms with E-state index in [0.29, 0.717) is 31.7 Å². The van der Waals surface area contributed by atoms with Crippen LogP contribution in [0.3, 0.4) is 0 Å². The lowest BCUT2D eigenvalue weighted by atomic mass is 9.85. The van der Waals surface area contributed by atoms with Crippen LogP contribution in [0.25, 0.3) is 11.1 Å². The first kappa shape index (κ1) is 22.2. The molecule has 0 bridgehead atoms. The van der Waals surface area contributed by atoms with Crippen molar-refractivity contribution in [3.63, 3.8) is 0 Å². The molecule has 2 aromatic carbocycles. The van der Waals surface area contributed by atoms with Crippen LogP contribution in [0.4, 0.5) is 9.18 Å². The SMILES string of the molecule is CCC1(C)C(C)N(Cc2cccc(-c3cc(CNC)ccc3F)c2)CCN1C(=O)O. The second-order valence-electron chi connectivity index (χ2n) is 8.34. The van der Waals surface area contributed by atoms with Crippen LogP contribution in [0.5, 0.6) is 0 Å². The molecule has 6 heteroatoms. The van der Waals surface area contributed by atoms with Gasteiger partial charge in [0.15, 0.2) is 0 Å². The number of nitrogens with one attached hydrogen (secondary N) is 1. The van der Waals surface area contributed by atoms with Crippen molar-refractivity contribution in [1.29, 1.82) is 0 Å². The van der Waals surface area contributed by atoms with Crippen molar-refractivity contribution < 1.29 is 14.3 Å². The molecule has 1 aliphatic rings. The number of hydrogen-bond donors (Lipinski definition) is 2. The van der Waals surface area contributed by atoms with Crippen LogP contribution >= 0.6 is 0 Å². The van der Waals surface area contributed by atoms with E-state index >= 15 is 0 Å². The lowest BCUT2D eigenvalue weighted by molar-refractivity contribution is -0.0299. The van der Waals surface area contributed by atoms with E-state index in [4.69, 9.17) is 0 Å². The third kappa shape index (κ3) is 4.35. The molecule has 2 atom stereocenters. The zero-order valence-electron chi connectivity index (χ0n) is 18.3. The molecule has 1 fully saturated rings. The van der Waals surface area contributed by atoms with Gasteiger partial charge in [-0.15, -0.1) is 0 Å². The molecule has 0 aromatic heterocycles. The normalized spacial score (nSPS) is 22.3. The van der Waals surface area contributed by atoms with E-state index < -0.39 is 11.6 Å². The molecule has 5 nitrogen and oxygen atoms in total. The molecule has 162 valence electrons. The van der Waals surface area contributed by atoms with Crippen LogP contribution in [-0.4, -0.2) is 52.7 Å². The van der Waals surface area contributed by atoms with Gasteiger partial charge in [-0.05, 0) is 62.2 Å². The summed E-state index contributed by atoms with van der Waals surface area (Å²) >= 11 is 0. The Morgan fingerprint density at radius 2 is 2.00 bits per heavy atom. The number of carbonyl (C=O) groups is 1. The number of carboxylic acid groups (broad SMARTS) is 1. The summed E-state index contributed by atoms with van der Waals surface area (Å²) in [6.45, 7) is 8.73. The highest BCUT2D eigenvalue weighted by Gasteiger charge is 2.44. The van der Waals surface area contributed by atoms with Crippen LogP contribution in [0.1, 0.15) is 38.3 Å². The van der Waals surface area contributed by atoms with E-state index in [2.05, 4.69) is 23.2 Å². The topological polar surface area (TPSA) is 55.8 Å². The Hall–Kier alpha value is -2.44. The monoisotopic (exact) mass is 413 g/mol. The van der Waals surface area contributed by atoms with E-state index in [1.807, 2.05) is 45.2 Å². The van der Waals surface area contributed by atoms with Crippen LogP contribution in [0, 0.1) is 5.82 Å². The van der Waals surface area contributed by atoms with Gasteiger partial charge in [0, 0.05) is 37.8 Å². The zero-order valence-corrected chi connectivity index (χ0v) is 18.3. The van der Waals surface area contributed by atoms with Crippen molar-refractivity contribution in [2.75, 3.05) is 20.1 Å². The Morgan fingerprint density at radius 1 is 1.23 bits per heavy atom. The van der Waals surface area contributed by atoms with Crippen molar-refractivity contribution >= 4 is 6.09 Å². The molecule has 0 aliphatic carbocycles. The molecule has 2 aromatic rings. The van der Waals surface area contributed by atoms with Crippen LogP contribution in [-0.2, 0) is 13.1 Å². The number of halogens is 1. The first-order valence-corrected chi connectivity index (χ1v) is 10.6. The summed E-state index contributed by atoms with van der Waals surface area (Å²) in [6, 6.07) is 13.3. The fraction of sp³-hybridized carbons (Fsp3) is 0.458. The number of amides is 1. The number of piperazine rings is 1. The van der Waals surface area contributed by atoms with Crippen molar-refractivity contribution in [3.8, 4) is 11.1 Å². The summed E-state index contributed by atoms with van der Waals surface area (Å²) < 4.78 is 14.5. The van der Waals surface area contributed by atoms with Gasteiger partial charge in [0.1, 0.15) is 5.82 Å². The molecular weight excluding hydrogens is 381 g/mol. The van der Waals surface area contributed by atoms with Crippen LogP contribution < -0.4 is 5.32 Å². The quantitative estimate of drug-likeness (QED) is 0.729. The molecule has 1 aliphatic heterocycles. The number of nitrogens with zero attached hydrogens (tertiary/aromatic N) is 2. The van der Waals surface area contributed by atoms with Crippen LogP contribution in [0.15, 0.2) is 42.5 Å².